The van der Waals surface area contributed by atoms with Gasteiger partial charge in [-0.25, -0.2) is 0 Å². The molecule has 3 heterocycles. The Balaban J connectivity index is 1.68. The summed E-state index contributed by atoms with van der Waals surface area (Å²) in [6.07, 6.45) is 2.32. The lowest BCUT2D eigenvalue weighted by atomic mass is 10.1. The van der Waals surface area contributed by atoms with Crippen molar-refractivity contribution in [3.63, 3.8) is 0 Å². The fourth-order valence-electron chi connectivity index (χ4n) is 2.61. The number of hydrogen-bond acceptors (Lipinski definition) is 4. The van der Waals surface area contributed by atoms with Gasteiger partial charge in [0.2, 0.25) is 0 Å². The highest BCUT2D eigenvalue weighted by atomic mass is 32.1. The molecule has 0 radical (unpaired) electrons. The van der Waals surface area contributed by atoms with Gasteiger partial charge in [-0.2, -0.15) is 11.3 Å². The summed E-state index contributed by atoms with van der Waals surface area (Å²) in [5, 5.41) is 10.5. The molecule has 1 unspecified atom stereocenters. The average Bonchev–Trinajstić information content (AvgIpc) is 3.18. The number of nitrogens with zero attached hydrogens (tertiary/aromatic N) is 1. The first kappa shape index (κ1) is 14.2. The van der Waals surface area contributed by atoms with Gasteiger partial charge in [-0.15, -0.1) is 0 Å². The van der Waals surface area contributed by atoms with E-state index in [0.29, 0.717) is 18.2 Å². The number of thiophene rings is 1. The summed E-state index contributed by atoms with van der Waals surface area (Å²) >= 11 is 1.65. The van der Waals surface area contributed by atoms with Gasteiger partial charge in [-0.05, 0) is 49.9 Å². The molecule has 2 N–H and O–H groups in total. The molecular weight excluding hydrogens is 282 g/mol. The molecule has 1 aliphatic heterocycles. The third-order valence-electron chi connectivity index (χ3n) is 3.82. The van der Waals surface area contributed by atoms with Gasteiger partial charge in [-0.1, -0.05) is 0 Å². The zero-order valence-corrected chi connectivity index (χ0v) is 12.9. The topological polar surface area (TPSA) is 54.0 Å². The monoisotopic (exact) mass is 301 g/mol. The van der Waals surface area contributed by atoms with Crippen LogP contribution in [0.1, 0.15) is 28.9 Å². The van der Waals surface area contributed by atoms with E-state index in [1.807, 2.05) is 30.5 Å². The Morgan fingerprint density at radius 1 is 1.48 bits per heavy atom. The molecule has 0 spiro atoms. The highest BCUT2D eigenvalue weighted by Gasteiger charge is 2.16. The summed E-state index contributed by atoms with van der Waals surface area (Å²) in [5.74, 6) is -0.0365. The number of aromatic nitrogens is 1. The largest absolute Gasteiger partial charge is 0.350 e. The predicted octanol–water partition coefficient (Wildman–Crippen LogP) is 2.60. The van der Waals surface area contributed by atoms with E-state index in [9.17, 15) is 4.79 Å². The van der Waals surface area contributed by atoms with Crippen LogP contribution in [0.5, 0.6) is 0 Å². The fourth-order valence-corrected chi connectivity index (χ4v) is 3.26. The maximum absolute atomic E-state index is 12.2. The summed E-state index contributed by atoms with van der Waals surface area (Å²) in [5.41, 5.74) is 3.45. The van der Waals surface area contributed by atoms with Crippen molar-refractivity contribution in [3.8, 4) is 11.3 Å². The lowest BCUT2D eigenvalue weighted by molar-refractivity contribution is 0.0949. The van der Waals surface area contributed by atoms with E-state index in [1.54, 1.807) is 11.3 Å². The molecule has 0 aliphatic carbocycles. The highest BCUT2D eigenvalue weighted by molar-refractivity contribution is 7.08. The molecule has 0 saturated carbocycles. The first-order chi connectivity index (χ1) is 10.2. The van der Waals surface area contributed by atoms with Crippen molar-refractivity contribution < 1.29 is 4.79 Å². The number of amides is 1. The van der Waals surface area contributed by atoms with Crippen LogP contribution in [0.4, 0.5) is 0 Å². The van der Waals surface area contributed by atoms with Crippen LogP contribution in [-0.4, -0.2) is 30.0 Å². The second-order valence-corrected chi connectivity index (χ2v) is 6.12. The first-order valence-electron chi connectivity index (χ1n) is 7.26. The molecule has 110 valence electrons. The number of rotatable bonds is 4. The van der Waals surface area contributed by atoms with E-state index >= 15 is 0 Å². The van der Waals surface area contributed by atoms with Crippen molar-refractivity contribution >= 4 is 17.2 Å². The number of hydrogen-bond donors (Lipinski definition) is 2. The van der Waals surface area contributed by atoms with Gasteiger partial charge in [0.15, 0.2) is 0 Å². The van der Waals surface area contributed by atoms with Gasteiger partial charge in [-0.3, -0.25) is 9.78 Å². The van der Waals surface area contributed by atoms with Gasteiger partial charge in [0.1, 0.15) is 0 Å². The van der Waals surface area contributed by atoms with Gasteiger partial charge in [0, 0.05) is 23.5 Å². The normalized spacial score (nSPS) is 17.9. The van der Waals surface area contributed by atoms with Crippen molar-refractivity contribution in [3.05, 3.63) is 40.2 Å². The average molecular weight is 301 g/mol. The van der Waals surface area contributed by atoms with Gasteiger partial charge in [0.25, 0.3) is 5.91 Å². The van der Waals surface area contributed by atoms with Crippen LogP contribution in [0.3, 0.4) is 0 Å². The predicted molar refractivity (Wildman–Crippen MR) is 85.6 cm³/mol. The second-order valence-electron chi connectivity index (χ2n) is 5.34. The third-order valence-corrected chi connectivity index (χ3v) is 4.50. The fraction of sp³-hybridized carbons (Fsp3) is 0.375. The Hall–Kier alpha value is -1.72. The van der Waals surface area contributed by atoms with Crippen molar-refractivity contribution in [2.45, 2.75) is 25.8 Å². The van der Waals surface area contributed by atoms with E-state index in [0.717, 1.165) is 29.9 Å². The number of carbonyl (C=O) groups excluding carboxylic acids is 1. The van der Waals surface area contributed by atoms with Crippen LogP contribution >= 0.6 is 11.3 Å². The Morgan fingerprint density at radius 2 is 2.38 bits per heavy atom. The zero-order valence-electron chi connectivity index (χ0n) is 12.1. The maximum Gasteiger partial charge on any atom is 0.253 e. The van der Waals surface area contributed by atoms with Crippen molar-refractivity contribution in [1.29, 1.82) is 0 Å². The van der Waals surface area contributed by atoms with Gasteiger partial charge >= 0.3 is 0 Å². The van der Waals surface area contributed by atoms with Crippen molar-refractivity contribution in [1.82, 2.24) is 15.6 Å². The van der Waals surface area contributed by atoms with Gasteiger partial charge in [0.05, 0.1) is 17.0 Å². The van der Waals surface area contributed by atoms with E-state index in [1.165, 1.54) is 6.42 Å². The molecule has 1 aliphatic rings. The summed E-state index contributed by atoms with van der Waals surface area (Å²) in [6, 6.07) is 6.23. The second kappa shape index (κ2) is 6.37. The maximum atomic E-state index is 12.2. The molecule has 0 bridgehead atoms. The summed E-state index contributed by atoms with van der Waals surface area (Å²) < 4.78 is 0. The van der Waals surface area contributed by atoms with Crippen LogP contribution in [0.2, 0.25) is 0 Å². The Labute approximate surface area is 128 Å². The van der Waals surface area contributed by atoms with E-state index in [2.05, 4.69) is 21.0 Å². The molecule has 2 aromatic rings. The van der Waals surface area contributed by atoms with Crippen LogP contribution in [0.25, 0.3) is 11.3 Å². The van der Waals surface area contributed by atoms with Crippen LogP contribution in [0.15, 0.2) is 29.0 Å². The van der Waals surface area contributed by atoms with Crippen molar-refractivity contribution in [2.24, 2.45) is 0 Å². The first-order valence-corrected chi connectivity index (χ1v) is 8.20. The molecular formula is C16H19N3OS. The molecule has 1 atom stereocenters. The lowest BCUT2D eigenvalue weighted by Gasteiger charge is -2.12. The molecule has 4 nitrogen and oxygen atoms in total. The number of aryl methyl sites for hydroxylation is 1. The molecule has 1 saturated heterocycles. The van der Waals surface area contributed by atoms with Gasteiger partial charge < -0.3 is 10.6 Å². The number of pyridine rings is 1. The zero-order chi connectivity index (χ0) is 14.7. The SMILES string of the molecule is Cc1nc(-c2ccsc2)ccc1C(=O)NCC1CCCN1. The quantitative estimate of drug-likeness (QED) is 0.912. The van der Waals surface area contributed by atoms with Crippen LogP contribution in [-0.2, 0) is 0 Å². The minimum Gasteiger partial charge on any atom is -0.350 e. The molecule has 3 rings (SSSR count). The standard InChI is InChI=1S/C16H19N3OS/c1-11-14(16(20)18-9-13-3-2-7-17-13)4-5-15(19-11)12-6-8-21-10-12/h4-6,8,10,13,17H,2-3,7,9H2,1H3,(H,18,20). The van der Waals surface area contributed by atoms with E-state index < -0.39 is 0 Å². The van der Waals surface area contributed by atoms with E-state index in [-0.39, 0.29) is 5.91 Å². The smallest absolute Gasteiger partial charge is 0.253 e. The molecule has 1 amide bonds. The molecule has 5 heteroatoms. The number of nitrogens with one attached hydrogen (secondary N) is 2. The van der Waals surface area contributed by atoms with Crippen LogP contribution in [0, 0.1) is 6.92 Å². The van der Waals surface area contributed by atoms with Crippen LogP contribution < -0.4 is 10.6 Å². The van der Waals surface area contributed by atoms with E-state index in [4.69, 9.17) is 0 Å². The molecule has 0 aromatic carbocycles. The molecule has 1 fully saturated rings. The Kier molecular flexibility index (Phi) is 4.31. The Morgan fingerprint density at radius 3 is 3.05 bits per heavy atom. The minimum atomic E-state index is -0.0365. The molecule has 2 aromatic heterocycles. The highest BCUT2D eigenvalue weighted by Crippen LogP contribution is 2.21. The Bertz CT molecular complexity index is 618. The number of carbonyl (C=O) groups is 1. The summed E-state index contributed by atoms with van der Waals surface area (Å²) in [6.45, 7) is 3.62. The molecule has 21 heavy (non-hydrogen) atoms. The van der Waals surface area contributed by atoms with Crippen molar-refractivity contribution in [2.75, 3.05) is 13.1 Å². The lowest BCUT2D eigenvalue weighted by Crippen LogP contribution is -2.37. The third kappa shape index (κ3) is 3.31. The summed E-state index contributed by atoms with van der Waals surface area (Å²) in [4.78, 5) is 16.8. The summed E-state index contributed by atoms with van der Waals surface area (Å²) in [7, 11) is 0. The minimum absolute atomic E-state index is 0.0365.